The molecule has 0 fully saturated rings. The lowest BCUT2D eigenvalue weighted by Crippen LogP contribution is -2.05. The Morgan fingerprint density at radius 3 is 2.57 bits per heavy atom. The molecule has 0 heterocycles. The van der Waals surface area contributed by atoms with Crippen LogP contribution in [0.3, 0.4) is 0 Å². The monoisotopic (exact) mass is 195 g/mol. The predicted octanol–water partition coefficient (Wildman–Crippen LogP) is 2.05. The summed E-state index contributed by atoms with van der Waals surface area (Å²) in [7, 11) is 0. The fraction of sp³-hybridized carbons (Fsp3) is 0.455. The highest BCUT2D eigenvalue weighted by Crippen LogP contribution is 2.31. The summed E-state index contributed by atoms with van der Waals surface area (Å²) in [6.45, 7) is 4.06. The zero-order chi connectivity index (χ0) is 10.7. The number of hydrogen-bond donors (Lipinski definition) is 3. The molecule has 3 nitrogen and oxygen atoms in total. The SMILES string of the molecule is CC(C)CC(O)c1cccc(O)c1N. The largest absolute Gasteiger partial charge is 0.506 e. The van der Waals surface area contributed by atoms with E-state index < -0.39 is 6.10 Å². The Balaban J connectivity index is 2.89. The van der Waals surface area contributed by atoms with E-state index in [0.29, 0.717) is 17.9 Å². The molecule has 0 aliphatic carbocycles. The number of benzene rings is 1. The Labute approximate surface area is 84.2 Å². The molecule has 0 bridgehead atoms. The van der Waals surface area contributed by atoms with E-state index in [4.69, 9.17) is 5.73 Å². The van der Waals surface area contributed by atoms with Crippen LogP contribution in [0, 0.1) is 5.92 Å². The van der Waals surface area contributed by atoms with Crippen molar-refractivity contribution in [1.29, 1.82) is 0 Å². The lowest BCUT2D eigenvalue weighted by molar-refractivity contribution is 0.151. The molecule has 0 aliphatic heterocycles. The quantitative estimate of drug-likeness (QED) is 0.511. The highest BCUT2D eigenvalue weighted by molar-refractivity contribution is 5.58. The second-order valence-corrected chi connectivity index (χ2v) is 3.93. The molecule has 14 heavy (non-hydrogen) atoms. The van der Waals surface area contributed by atoms with Crippen molar-refractivity contribution in [3.63, 3.8) is 0 Å². The molecule has 0 aromatic heterocycles. The van der Waals surface area contributed by atoms with E-state index in [2.05, 4.69) is 0 Å². The average molecular weight is 195 g/mol. The van der Waals surface area contributed by atoms with Crippen LogP contribution in [-0.2, 0) is 0 Å². The number of phenols is 1. The molecule has 0 amide bonds. The van der Waals surface area contributed by atoms with E-state index in [0.717, 1.165) is 0 Å². The number of aliphatic hydroxyl groups is 1. The van der Waals surface area contributed by atoms with Crippen molar-refractivity contribution in [3.8, 4) is 5.75 Å². The fourth-order valence-corrected chi connectivity index (χ4v) is 1.43. The highest BCUT2D eigenvalue weighted by Gasteiger charge is 2.14. The van der Waals surface area contributed by atoms with Gasteiger partial charge in [-0.3, -0.25) is 0 Å². The van der Waals surface area contributed by atoms with Crippen molar-refractivity contribution in [2.24, 2.45) is 5.92 Å². The Bertz CT molecular complexity index is 310. The van der Waals surface area contributed by atoms with Gasteiger partial charge in [0.2, 0.25) is 0 Å². The summed E-state index contributed by atoms with van der Waals surface area (Å²) in [5.74, 6) is 0.428. The van der Waals surface area contributed by atoms with Gasteiger partial charge in [0.1, 0.15) is 5.75 Å². The zero-order valence-corrected chi connectivity index (χ0v) is 8.57. The smallest absolute Gasteiger partial charge is 0.138 e. The number of aliphatic hydroxyl groups excluding tert-OH is 1. The van der Waals surface area contributed by atoms with Crippen LogP contribution in [-0.4, -0.2) is 10.2 Å². The minimum atomic E-state index is -0.595. The Kier molecular flexibility index (Phi) is 3.36. The van der Waals surface area contributed by atoms with Gasteiger partial charge in [-0.2, -0.15) is 0 Å². The van der Waals surface area contributed by atoms with Crippen LogP contribution >= 0.6 is 0 Å². The standard InChI is InChI=1S/C11H17NO2/c1-7(2)6-10(14)8-4-3-5-9(13)11(8)12/h3-5,7,10,13-14H,6,12H2,1-2H3. The van der Waals surface area contributed by atoms with Gasteiger partial charge in [0.15, 0.2) is 0 Å². The Morgan fingerprint density at radius 2 is 2.00 bits per heavy atom. The number of phenolic OH excluding ortho intramolecular Hbond substituents is 1. The summed E-state index contributed by atoms with van der Waals surface area (Å²) in [5.41, 5.74) is 6.54. The van der Waals surface area contributed by atoms with E-state index in [1.807, 2.05) is 13.8 Å². The summed E-state index contributed by atoms with van der Waals surface area (Å²) in [6, 6.07) is 4.94. The molecule has 4 N–H and O–H groups in total. The molecule has 1 rings (SSSR count). The van der Waals surface area contributed by atoms with Crippen molar-refractivity contribution in [2.45, 2.75) is 26.4 Å². The number of aromatic hydroxyl groups is 1. The van der Waals surface area contributed by atoms with Crippen LogP contribution in [0.15, 0.2) is 18.2 Å². The van der Waals surface area contributed by atoms with Crippen LogP contribution < -0.4 is 5.73 Å². The number of nitrogens with two attached hydrogens (primary N) is 1. The van der Waals surface area contributed by atoms with Crippen LogP contribution in [0.2, 0.25) is 0 Å². The van der Waals surface area contributed by atoms with Crippen molar-refractivity contribution < 1.29 is 10.2 Å². The third-order valence-corrected chi connectivity index (χ3v) is 2.17. The molecule has 3 heteroatoms. The third-order valence-electron chi connectivity index (χ3n) is 2.17. The molecule has 0 saturated carbocycles. The van der Waals surface area contributed by atoms with Crippen molar-refractivity contribution >= 4 is 5.69 Å². The number of anilines is 1. The van der Waals surface area contributed by atoms with Crippen molar-refractivity contribution in [3.05, 3.63) is 23.8 Å². The van der Waals surface area contributed by atoms with Gasteiger partial charge in [0.25, 0.3) is 0 Å². The van der Waals surface area contributed by atoms with Gasteiger partial charge in [-0.05, 0) is 18.4 Å². The van der Waals surface area contributed by atoms with Crippen LogP contribution in [0.4, 0.5) is 5.69 Å². The number of hydrogen-bond acceptors (Lipinski definition) is 3. The number of para-hydroxylation sites is 1. The van der Waals surface area contributed by atoms with Gasteiger partial charge < -0.3 is 15.9 Å². The molecule has 78 valence electrons. The lowest BCUT2D eigenvalue weighted by Gasteiger charge is -2.15. The maximum Gasteiger partial charge on any atom is 0.138 e. The highest BCUT2D eigenvalue weighted by atomic mass is 16.3. The maximum atomic E-state index is 9.81. The Morgan fingerprint density at radius 1 is 1.36 bits per heavy atom. The van der Waals surface area contributed by atoms with E-state index in [-0.39, 0.29) is 11.4 Å². The van der Waals surface area contributed by atoms with Crippen LogP contribution in [0.25, 0.3) is 0 Å². The lowest BCUT2D eigenvalue weighted by atomic mass is 9.98. The van der Waals surface area contributed by atoms with Crippen LogP contribution in [0.1, 0.15) is 31.9 Å². The number of rotatable bonds is 3. The molecule has 1 unspecified atom stereocenters. The first-order chi connectivity index (χ1) is 6.52. The van der Waals surface area contributed by atoms with Gasteiger partial charge in [0.05, 0.1) is 11.8 Å². The first-order valence-electron chi connectivity index (χ1n) is 4.77. The second-order valence-electron chi connectivity index (χ2n) is 3.93. The Hall–Kier alpha value is -1.22. The summed E-state index contributed by atoms with van der Waals surface area (Å²) < 4.78 is 0. The van der Waals surface area contributed by atoms with E-state index in [1.165, 1.54) is 6.07 Å². The molecule has 1 atom stereocenters. The second kappa shape index (κ2) is 4.33. The minimum absolute atomic E-state index is 0.0327. The van der Waals surface area contributed by atoms with Gasteiger partial charge in [-0.1, -0.05) is 26.0 Å². The molecular formula is C11H17NO2. The summed E-state index contributed by atoms with van der Waals surface area (Å²) >= 11 is 0. The summed E-state index contributed by atoms with van der Waals surface area (Å²) in [6.07, 6.45) is 0.0512. The van der Waals surface area contributed by atoms with Gasteiger partial charge in [0, 0.05) is 5.56 Å². The molecule has 1 aromatic rings. The molecular weight excluding hydrogens is 178 g/mol. The minimum Gasteiger partial charge on any atom is -0.506 e. The molecule has 0 spiro atoms. The predicted molar refractivity (Wildman–Crippen MR) is 56.9 cm³/mol. The van der Waals surface area contributed by atoms with Gasteiger partial charge in [-0.15, -0.1) is 0 Å². The van der Waals surface area contributed by atoms with E-state index in [1.54, 1.807) is 12.1 Å². The van der Waals surface area contributed by atoms with Gasteiger partial charge in [-0.25, -0.2) is 0 Å². The van der Waals surface area contributed by atoms with Gasteiger partial charge >= 0.3 is 0 Å². The zero-order valence-electron chi connectivity index (χ0n) is 8.57. The molecule has 0 radical (unpaired) electrons. The maximum absolute atomic E-state index is 9.81. The van der Waals surface area contributed by atoms with E-state index >= 15 is 0 Å². The van der Waals surface area contributed by atoms with E-state index in [9.17, 15) is 10.2 Å². The first-order valence-corrected chi connectivity index (χ1v) is 4.77. The van der Waals surface area contributed by atoms with Crippen molar-refractivity contribution in [1.82, 2.24) is 0 Å². The summed E-state index contributed by atoms with van der Waals surface area (Å²) in [5, 5.41) is 19.2. The average Bonchev–Trinajstić information content (AvgIpc) is 2.08. The number of nitrogen functional groups attached to an aromatic ring is 1. The topological polar surface area (TPSA) is 66.5 Å². The molecule has 0 aliphatic rings. The normalized spacial score (nSPS) is 13.1. The third kappa shape index (κ3) is 2.39. The van der Waals surface area contributed by atoms with Crippen molar-refractivity contribution in [2.75, 3.05) is 5.73 Å². The molecule has 0 saturated heterocycles. The fourth-order valence-electron chi connectivity index (χ4n) is 1.43. The first kappa shape index (κ1) is 10.9. The van der Waals surface area contributed by atoms with Crippen LogP contribution in [0.5, 0.6) is 5.75 Å². The molecule has 1 aromatic carbocycles. The summed E-state index contributed by atoms with van der Waals surface area (Å²) in [4.78, 5) is 0.